The van der Waals surface area contributed by atoms with E-state index in [-0.39, 0.29) is 23.0 Å². The second-order valence-corrected chi connectivity index (χ2v) is 6.47. The highest BCUT2D eigenvalue weighted by molar-refractivity contribution is 6.36. The molecule has 0 aromatic heterocycles. The Morgan fingerprint density at radius 2 is 1.75 bits per heavy atom. The Morgan fingerprint density at radius 3 is 2.42 bits per heavy atom. The van der Waals surface area contributed by atoms with Gasteiger partial charge in [-0.1, -0.05) is 46.9 Å². The number of halogens is 3. The fraction of sp³-hybridized carbons (Fsp3) is 0.176. The Kier molecular flexibility index (Phi) is 6.49. The van der Waals surface area contributed by atoms with Crippen molar-refractivity contribution in [2.75, 3.05) is 13.6 Å². The van der Waals surface area contributed by atoms with Gasteiger partial charge in [0.2, 0.25) is 5.91 Å². The van der Waals surface area contributed by atoms with Crippen LogP contribution in [0, 0.1) is 0 Å². The number of likely N-dealkylation sites (N-methyl/N-ethyl adjacent to an activating group) is 1. The van der Waals surface area contributed by atoms with Gasteiger partial charge in [0, 0.05) is 23.6 Å². The fourth-order valence-electron chi connectivity index (χ4n) is 2.06. The fourth-order valence-corrected chi connectivity index (χ4v) is 2.76. The number of amides is 2. The third-order valence-electron chi connectivity index (χ3n) is 3.31. The van der Waals surface area contributed by atoms with Gasteiger partial charge in [-0.05, 0) is 35.9 Å². The zero-order chi connectivity index (χ0) is 17.7. The van der Waals surface area contributed by atoms with Gasteiger partial charge in [-0.15, -0.1) is 0 Å². The van der Waals surface area contributed by atoms with Gasteiger partial charge >= 0.3 is 0 Å². The van der Waals surface area contributed by atoms with Crippen LogP contribution in [-0.2, 0) is 11.3 Å². The van der Waals surface area contributed by atoms with Crippen LogP contribution >= 0.6 is 34.8 Å². The molecule has 0 aliphatic carbocycles. The van der Waals surface area contributed by atoms with Crippen molar-refractivity contribution in [2.45, 2.75) is 6.54 Å². The van der Waals surface area contributed by atoms with Crippen LogP contribution in [0.1, 0.15) is 15.9 Å². The number of benzene rings is 2. The molecule has 0 saturated carbocycles. The Morgan fingerprint density at radius 1 is 1.04 bits per heavy atom. The predicted molar refractivity (Wildman–Crippen MR) is 96.7 cm³/mol. The third-order valence-corrected chi connectivity index (χ3v) is 4.09. The Balaban J connectivity index is 1.91. The monoisotopic (exact) mass is 384 g/mol. The molecule has 1 N–H and O–H groups in total. The van der Waals surface area contributed by atoms with Crippen LogP contribution in [0.2, 0.25) is 15.1 Å². The molecule has 0 saturated heterocycles. The lowest BCUT2D eigenvalue weighted by Crippen LogP contribution is -2.37. The van der Waals surface area contributed by atoms with E-state index in [4.69, 9.17) is 34.8 Å². The molecule has 24 heavy (non-hydrogen) atoms. The van der Waals surface area contributed by atoms with Crippen molar-refractivity contribution in [1.82, 2.24) is 10.2 Å². The number of rotatable bonds is 5. The number of nitrogens with zero attached hydrogens (tertiary/aromatic N) is 1. The van der Waals surface area contributed by atoms with E-state index in [1.165, 1.54) is 17.0 Å². The molecule has 2 amide bonds. The van der Waals surface area contributed by atoms with Crippen molar-refractivity contribution < 1.29 is 9.59 Å². The van der Waals surface area contributed by atoms with Gasteiger partial charge in [-0.3, -0.25) is 9.59 Å². The van der Waals surface area contributed by atoms with Gasteiger partial charge in [0.05, 0.1) is 17.1 Å². The lowest BCUT2D eigenvalue weighted by molar-refractivity contribution is -0.129. The zero-order valence-corrected chi connectivity index (χ0v) is 15.1. The molecule has 0 spiro atoms. The van der Waals surface area contributed by atoms with Gasteiger partial charge in [0.25, 0.3) is 5.91 Å². The Hall–Kier alpha value is -1.75. The molecular weight excluding hydrogens is 371 g/mol. The van der Waals surface area contributed by atoms with Gasteiger partial charge in [0.1, 0.15) is 0 Å². The van der Waals surface area contributed by atoms with E-state index in [1.54, 1.807) is 25.2 Å². The normalized spacial score (nSPS) is 10.3. The summed E-state index contributed by atoms with van der Waals surface area (Å²) in [6.07, 6.45) is 0. The van der Waals surface area contributed by atoms with Gasteiger partial charge in [-0.25, -0.2) is 0 Å². The molecule has 0 bridgehead atoms. The summed E-state index contributed by atoms with van der Waals surface area (Å²) >= 11 is 17.7. The van der Waals surface area contributed by atoms with Gasteiger partial charge < -0.3 is 10.2 Å². The molecule has 126 valence electrons. The molecule has 2 aromatic carbocycles. The molecule has 0 unspecified atom stereocenters. The first kappa shape index (κ1) is 18.6. The second kappa shape index (κ2) is 8.38. The van der Waals surface area contributed by atoms with E-state index in [9.17, 15) is 9.59 Å². The van der Waals surface area contributed by atoms with Crippen LogP contribution in [0.3, 0.4) is 0 Å². The summed E-state index contributed by atoms with van der Waals surface area (Å²) in [5.74, 6) is -0.658. The van der Waals surface area contributed by atoms with Gasteiger partial charge in [-0.2, -0.15) is 0 Å². The molecular formula is C17H15Cl3N2O2. The Labute approximate surface area is 155 Å². The smallest absolute Gasteiger partial charge is 0.253 e. The Bertz CT molecular complexity index is 765. The highest BCUT2D eigenvalue weighted by Crippen LogP contribution is 2.20. The van der Waals surface area contributed by atoms with E-state index in [1.807, 2.05) is 12.1 Å². The van der Waals surface area contributed by atoms with Crippen LogP contribution in [0.25, 0.3) is 0 Å². The topological polar surface area (TPSA) is 49.4 Å². The molecule has 0 aliphatic rings. The minimum atomic E-state index is -0.429. The molecule has 0 atom stereocenters. The van der Waals surface area contributed by atoms with Crippen LogP contribution in [0.15, 0.2) is 42.5 Å². The highest BCUT2D eigenvalue weighted by Gasteiger charge is 2.14. The van der Waals surface area contributed by atoms with Crippen molar-refractivity contribution in [2.24, 2.45) is 0 Å². The maximum atomic E-state index is 12.1. The number of carbonyl (C=O) groups is 2. The number of hydrogen-bond donors (Lipinski definition) is 1. The number of nitrogens with one attached hydrogen (secondary N) is 1. The van der Waals surface area contributed by atoms with Crippen LogP contribution in [0.4, 0.5) is 0 Å². The minimum absolute atomic E-state index is 0.130. The maximum absolute atomic E-state index is 12.1. The van der Waals surface area contributed by atoms with Crippen molar-refractivity contribution in [1.29, 1.82) is 0 Å². The average molecular weight is 386 g/mol. The summed E-state index contributed by atoms with van der Waals surface area (Å²) < 4.78 is 0. The van der Waals surface area contributed by atoms with Crippen LogP contribution in [-0.4, -0.2) is 30.3 Å². The van der Waals surface area contributed by atoms with Crippen LogP contribution in [0.5, 0.6) is 0 Å². The predicted octanol–water partition coefficient (Wildman–Crippen LogP) is 4.04. The van der Waals surface area contributed by atoms with Crippen LogP contribution < -0.4 is 5.32 Å². The van der Waals surface area contributed by atoms with Crippen molar-refractivity contribution >= 4 is 46.6 Å². The molecule has 0 aliphatic heterocycles. The van der Waals surface area contributed by atoms with Crippen molar-refractivity contribution in [3.05, 3.63) is 68.7 Å². The lowest BCUT2D eigenvalue weighted by Gasteiger charge is -2.18. The van der Waals surface area contributed by atoms with Gasteiger partial charge in [0.15, 0.2) is 0 Å². The number of hydrogen-bond acceptors (Lipinski definition) is 2. The van der Waals surface area contributed by atoms with E-state index in [2.05, 4.69) is 5.32 Å². The molecule has 2 rings (SSSR count). The highest BCUT2D eigenvalue weighted by atomic mass is 35.5. The SMILES string of the molecule is CN(Cc1cccc(Cl)c1)C(=O)CNC(=O)c1ccc(Cl)cc1Cl. The molecule has 2 aromatic rings. The van der Waals surface area contributed by atoms with E-state index < -0.39 is 5.91 Å². The summed E-state index contributed by atoms with van der Waals surface area (Å²) in [6.45, 7) is 0.270. The average Bonchev–Trinajstić information content (AvgIpc) is 2.52. The summed E-state index contributed by atoms with van der Waals surface area (Å²) in [4.78, 5) is 25.7. The standard InChI is InChI=1S/C17H15Cl3N2O2/c1-22(10-11-3-2-4-12(18)7-11)16(23)9-21-17(24)14-6-5-13(19)8-15(14)20/h2-8H,9-10H2,1H3,(H,21,24). The molecule has 4 nitrogen and oxygen atoms in total. The minimum Gasteiger partial charge on any atom is -0.343 e. The number of carbonyl (C=O) groups excluding carboxylic acids is 2. The first-order chi connectivity index (χ1) is 11.4. The second-order valence-electron chi connectivity index (χ2n) is 5.19. The third kappa shape index (κ3) is 5.13. The lowest BCUT2D eigenvalue weighted by atomic mass is 10.2. The maximum Gasteiger partial charge on any atom is 0.253 e. The molecule has 7 heteroatoms. The van der Waals surface area contributed by atoms with Crippen molar-refractivity contribution in [3.8, 4) is 0 Å². The first-order valence-electron chi connectivity index (χ1n) is 7.08. The summed E-state index contributed by atoms with van der Waals surface area (Å²) in [5.41, 5.74) is 1.18. The van der Waals surface area contributed by atoms with E-state index >= 15 is 0 Å². The largest absolute Gasteiger partial charge is 0.343 e. The van der Waals surface area contributed by atoms with Crippen molar-refractivity contribution in [3.63, 3.8) is 0 Å². The molecule has 0 fully saturated rings. The van der Waals surface area contributed by atoms with E-state index in [0.29, 0.717) is 16.6 Å². The molecule has 0 heterocycles. The summed E-state index contributed by atoms with van der Waals surface area (Å²) in [7, 11) is 1.66. The quantitative estimate of drug-likeness (QED) is 0.844. The molecule has 0 radical (unpaired) electrons. The summed E-state index contributed by atoms with van der Waals surface area (Å²) in [6, 6.07) is 11.8. The first-order valence-corrected chi connectivity index (χ1v) is 8.22. The van der Waals surface area contributed by atoms with E-state index in [0.717, 1.165) is 5.56 Å². The summed E-state index contributed by atoms with van der Waals surface area (Å²) in [5, 5.41) is 3.84. The zero-order valence-electron chi connectivity index (χ0n) is 12.9.